The van der Waals surface area contributed by atoms with Gasteiger partial charge in [0, 0.05) is 5.56 Å². The van der Waals surface area contributed by atoms with Gasteiger partial charge in [-0.05, 0) is 28.0 Å². The monoisotopic (exact) mass is 286 g/mol. The minimum absolute atomic E-state index is 0.192. The Labute approximate surface area is 118 Å². The predicted octanol–water partition coefficient (Wildman–Crippen LogP) is 5.03. The summed E-state index contributed by atoms with van der Waals surface area (Å²) in [4.78, 5) is 11.4. The van der Waals surface area contributed by atoms with E-state index in [1.165, 1.54) is 12.1 Å². The fourth-order valence-electron chi connectivity index (χ4n) is 2.12. The summed E-state index contributed by atoms with van der Waals surface area (Å²) in [7, 11) is 0. The van der Waals surface area contributed by atoms with E-state index in [1.54, 1.807) is 6.07 Å². The number of halogens is 3. The maximum Gasteiger partial charge on any atom is 0.454 e. The van der Waals surface area contributed by atoms with Crippen LogP contribution in [0.3, 0.4) is 0 Å². The number of benzene rings is 1. The molecule has 1 rings (SSSR count). The van der Waals surface area contributed by atoms with Gasteiger partial charge in [0.1, 0.15) is 0 Å². The highest BCUT2D eigenvalue weighted by Gasteiger charge is 2.40. The summed E-state index contributed by atoms with van der Waals surface area (Å²) in [6.45, 7) is 11.8. The van der Waals surface area contributed by atoms with Crippen molar-refractivity contribution in [1.82, 2.24) is 0 Å². The lowest BCUT2D eigenvalue weighted by Gasteiger charge is -2.30. The van der Waals surface area contributed by atoms with E-state index < -0.39 is 12.0 Å². The van der Waals surface area contributed by atoms with Crippen molar-refractivity contribution in [2.75, 3.05) is 0 Å². The number of carbonyl (C=O) groups excluding carboxylic acids is 1. The van der Waals surface area contributed by atoms with Gasteiger partial charge in [-0.3, -0.25) is 4.79 Å². The second-order valence-corrected chi connectivity index (χ2v) is 7.09. The maximum atomic E-state index is 12.5. The number of alkyl halides is 3. The molecule has 0 fully saturated rings. The summed E-state index contributed by atoms with van der Waals surface area (Å²) in [5.74, 6) is -1.79. The molecule has 0 bridgehead atoms. The lowest BCUT2D eigenvalue weighted by Crippen LogP contribution is -2.26. The number of hydrogen-bond donors (Lipinski definition) is 0. The Morgan fingerprint density at radius 1 is 0.850 bits per heavy atom. The Balaban J connectivity index is 3.48. The van der Waals surface area contributed by atoms with Crippen LogP contribution < -0.4 is 0 Å². The van der Waals surface area contributed by atoms with E-state index in [1.807, 2.05) is 41.5 Å². The quantitative estimate of drug-likeness (QED) is 0.662. The first-order chi connectivity index (χ1) is 8.74. The molecule has 0 aliphatic rings. The zero-order chi connectivity index (χ0) is 15.9. The van der Waals surface area contributed by atoms with Crippen LogP contribution in [0.15, 0.2) is 18.2 Å². The van der Waals surface area contributed by atoms with Gasteiger partial charge in [-0.15, -0.1) is 0 Å². The molecule has 0 N–H and O–H groups in total. The van der Waals surface area contributed by atoms with Gasteiger partial charge in [0.15, 0.2) is 0 Å². The van der Waals surface area contributed by atoms with Crippen LogP contribution in [0, 0.1) is 0 Å². The largest absolute Gasteiger partial charge is 0.454 e. The zero-order valence-electron chi connectivity index (χ0n) is 12.8. The van der Waals surface area contributed by atoms with E-state index in [-0.39, 0.29) is 16.4 Å². The van der Waals surface area contributed by atoms with E-state index in [0.717, 1.165) is 11.1 Å². The zero-order valence-corrected chi connectivity index (χ0v) is 12.8. The molecule has 0 atom stereocenters. The lowest BCUT2D eigenvalue weighted by molar-refractivity contribution is -0.0885. The van der Waals surface area contributed by atoms with Crippen LogP contribution in [0.2, 0.25) is 0 Å². The molecular weight excluding hydrogens is 265 g/mol. The number of ketones is 1. The highest BCUT2D eigenvalue weighted by atomic mass is 19.4. The highest BCUT2D eigenvalue weighted by molar-refractivity contribution is 6.00. The van der Waals surface area contributed by atoms with Gasteiger partial charge in [-0.1, -0.05) is 53.7 Å². The van der Waals surface area contributed by atoms with Crippen molar-refractivity contribution in [3.63, 3.8) is 0 Å². The molecule has 1 aromatic carbocycles. The molecule has 0 saturated heterocycles. The Morgan fingerprint density at radius 2 is 1.30 bits per heavy atom. The van der Waals surface area contributed by atoms with Crippen molar-refractivity contribution in [3.05, 3.63) is 34.9 Å². The van der Waals surface area contributed by atoms with E-state index in [4.69, 9.17) is 0 Å². The van der Waals surface area contributed by atoms with Crippen LogP contribution in [-0.2, 0) is 10.8 Å². The Hall–Kier alpha value is -1.32. The first-order valence-corrected chi connectivity index (χ1v) is 6.51. The third-order valence-electron chi connectivity index (χ3n) is 3.16. The standard InChI is InChI=1S/C16H21F3O/c1-14(2,3)11-8-7-10(13(20)16(17,18)19)9-12(11)15(4,5)6/h7-9H,1-6H3. The van der Waals surface area contributed by atoms with Gasteiger partial charge in [-0.2, -0.15) is 13.2 Å². The summed E-state index contributed by atoms with van der Waals surface area (Å²) in [5.41, 5.74) is 0.923. The molecule has 20 heavy (non-hydrogen) atoms. The molecule has 0 radical (unpaired) electrons. The topological polar surface area (TPSA) is 17.1 Å². The van der Waals surface area contributed by atoms with Gasteiger partial charge in [0.05, 0.1) is 0 Å². The molecule has 112 valence electrons. The van der Waals surface area contributed by atoms with Crippen molar-refractivity contribution in [1.29, 1.82) is 0 Å². The van der Waals surface area contributed by atoms with Gasteiger partial charge >= 0.3 is 6.18 Å². The van der Waals surface area contributed by atoms with Crippen LogP contribution in [0.25, 0.3) is 0 Å². The molecule has 0 aliphatic carbocycles. The summed E-state index contributed by atoms with van der Waals surface area (Å²) in [6, 6.07) is 4.29. The minimum atomic E-state index is -4.83. The number of Topliss-reactive ketones (excluding diaryl/α,β-unsaturated/α-hetero) is 1. The molecule has 0 aromatic heterocycles. The first kappa shape index (κ1) is 16.7. The first-order valence-electron chi connectivity index (χ1n) is 6.51. The maximum absolute atomic E-state index is 12.5. The SMILES string of the molecule is CC(C)(C)c1ccc(C(=O)C(F)(F)F)cc1C(C)(C)C. The Bertz CT molecular complexity index is 514. The third-order valence-corrected chi connectivity index (χ3v) is 3.16. The van der Waals surface area contributed by atoms with Gasteiger partial charge in [-0.25, -0.2) is 0 Å². The summed E-state index contributed by atoms with van der Waals surface area (Å²) >= 11 is 0. The minimum Gasteiger partial charge on any atom is -0.284 e. The Kier molecular flexibility index (Phi) is 4.10. The van der Waals surface area contributed by atoms with E-state index in [9.17, 15) is 18.0 Å². The fourth-order valence-corrected chi connectivity index (χ4v) is 2.12. The van der Waals surface area contributed by atoms with E-state index >= 15 is 0 Å². The predicted molar refractivity (Wildman–Crippen MR) is 74.2 cm³/mol. The second-order valence-electron chi connectivity index (χ2n) is 7.09. The number of hydrogen-bond acceptors (Lipinski definition) is 1. The van der Waals surface area contributed by atoms with Crippen LogP contribution in [0.5, 0.6) is 0 Å². The van der Waals surface area contributed by atoms with Crippen LogP contribution in [0.1, 0.15) is 63.0 Å². The molecule has 0 amide bonds. The fraction of sp³-hybridized carbons (Fsp3) is 0.562. The molecule has 0 spiro atoms. The lowest BCUT2D eigenvalue weighted by atomic mass is 9.74. The van der Waals surface area contributed by atoms with E-state index in [2.05, 4.69) is 0 Å². The summed E-state index contributed by atoms with van der Waals surface area (Å²) < 4.78 is 37.6. The molecule has 4 heteroatoms. The average Bonchev–Trinajstić information content (AvgIpc) is 2.23. The molecule has 0 aliphatic heterocycles. The van der Waals surface area contributed by atoms with Crippen LogP contribution in [0.4, 0.5) is 13.2 Å². The summed E-state index contributed by atoms with van der Waals surface area (Å²) in [5, 5.41) is 0. The molecule has 0 heterocycles. The van der Waals surface area contributed by atoms with Crippen molar-refractivity contribution in [3.8, 4) is 0 Å². The molecule has 1 nitrogen and oxygen atoms in total. The van der Waals surface area contributed by atoms with Crippen molar-refractivity contribution < 1.29 is 18.0 Å². The van der Waals surface area contributed by atoms with Gasteiger partial charge in [0.25, 0.3) is 5.78 Å². The molecule has 0 unspecified atom stereocenters. The number of rotatable bonds is 1. The highest BCUT2D eigenvalue weighted by Crippen LogP contribution is 2.35. The average molecular weight is 286 g/mol. The Morgan fingerprint density at radius 3 is 1.65 bits per heavy atom. The van der Waals surface area contributed by atoms with Crippen molar-refractivity contribution in [2.45, 2.75) is 58.5 Å². The number of carbonyl (C=O) groups is 1. The van der Waals surface area contributed by atoms with Gasteiger partial charge in [0.2, 0.25) is 0 Å². The van der Waals surface area contributed by atoms with Crippen LogP contribution >= 0.6 is 0 Å². The second kappa shape index (κ2) is 4.90. The molecule has 0 saturated carbocycles. The molecule has 1 aromatic rings. The van der Waals surface area contributed by atoms with E-state index in [0.29, 0.717) is 0 Å². The normalized spacial score (nSPS) is 13.4. The molecular formula is C16H21F3O. The van der Waals surface area contributed by atoms with Crippen molar-refractivity contribution >= 4 is 5.78 Å². The van der Waals surface area contributed by atoms with Crippen LogP contribution in [-0.4, -0.2) is 12.0 Å². The third kappa shape index (κ3) is 3.62. The van der Waals surface area contributed by atoms with Crippen molar-refractivity contribution in [2.24, 2.45) is 0 Å². The van der Waals surface area contributed by atoms with Gasteiger partial charge < -0.3 is 0 Å². The summed E-state index contributed by atoms with van der Waals surface area (Å²) in [6.07, 6.45) is -4.83. The smallest absolute Gasteiger partial charge is 0.284 e.